The molecular weight excluding hydrogens is 340 g/mol. The van der Waals surface area contributed by atoms with E-state index >= 15 is 0 Å². The van der Waals surface area contributed by atoms with Crippen LogP contribution in [0.4, 0.5) is 5.69 Å². The predicted octanol–water partition coefficient (Wildman–Crippen LogP) is 3.04. The van der Waals surface area contributed by atoms with Crippen molar-refractivity contribution in [3.8, 4) is 11.5 Å². The second-order valence-electron chi connectivity index (χ2n) is 7.24. The molecule has 0 N–H and O–H groups in total. The molecule has 2 aromatic carbocycles. The molecule has 2 heterocycles. The highest BCUT2D eigenvalue weighted by atomic mass is 16.5. The number of carbonyl (C=O) groups is 1. The van der Waals surface area contributed by atoms with Gasteiger partial charge in [-0.25, -0.2) is 0 Å². The van der Waals surface area contributed by atoms with Crippen LogP contribution in [0.5, 0.6) is 11.5 Å². The van der Waals surface area contributed by atoms with Gasteiger partial charge in [-0.2, -0.15) is 0 Å². The molecule has 5 nitrogen and oxygen atoms in total. The first-order valence-electron chi connectivity index (χ1n) is 9.49. The molecule has 5 heteroatoms. The van der Waals surface area contributed by atoms with E-state index in [1.165, 1.54) is 16.7 Å². The summed E-state index contributed by atoms with van der Waals surface area (Å²) in [6.45, 7) is 4.41. The first-order chi connectivity index (χ1) is 13.1. The minimum atomic E-state index is -0.155. The Morgan fingerprint density at radius 3 is 2.37 bits per heavy atom. The van der Waals surface area contributed by atoms with Crippen LogP contribution in [0.1, 0.15) is 23.6 Å². The van der Waals surface area contributed by atoms with Gasteiger partial charge < -0.3 is 14.4 Å². The number of hydrogen-bond donors (Lipinski definition) is 0. The SMILES string of the molecule is COc1cc2c(cc1OC)CN([C@H](C)C(=O)N1CCc3ccccc31)CC2. The zero-order valence-electron chi connectivity index (χ0n) is 16.2. The number of para-hydroxylation sites is 1. The minimum Gasteiger partial charge on any atom is -0.493 e. The van der Waals surface area contributed by atoms with Gasteiger partial charge in [0.15, 0.2) is 11.5 Å². The molecule has 2 aromatic rings. The molecular formula is C22H26N2O3. The van der Waals surface area contributed by atoms with Gasteiger partial charge in [0.1, 0.15) is 0 Å². The van der Waals surface area contributed by atoms with Crippen molar-refractivity contribution in [2.45, 2.75) is 32.4 Å². The molecule has 0 fully saturated rings. The first-order valence-corrected chi connectivity index (χ1v) is 9.49. The highest BCUT2D eigenvalue weighted by Crippen LogP contribution is 2.34. The second kappa shape index (κ2) is 7.24. The van der Waals surface area contributed by atoms with Crippen LogP contribution >= 0.6 is 0 Å². The summed E-state index contributed by atoms with van der Waals surface area (Å²) in [5.74, 6) is 1.69. The highest BCUT2D eigenvalue weighted by Gasteiger charge is 2.32. The Bertz CT molecular complexity index is 865. The molecule has 1 amide bonds. The average Bonchev–Trinajstić information content (AvgIpc) is 3.15. The number of hydrogen-bond acceptors (Lipinski definition) is 4. The van der Waals surface area contributed by atoms with Gasteiger partial charge in [-0.15, -0.1) is 0 Å². The van der Waals surface area contributed by atoms with Crippen molar-refractivity contribution in [2.75, 3.05) is 32.2 Å². The molecule has 27 heavy (non-hydrogen) atoms. The van der Waals surface area contributed by atoms with E-state index < -0.39 is 0 Å². The number of carbonyl (C=O) groups excluding carboxylic acids is 1. The summed E-state index contributed by atoms with van der Waals surface area (Å²) < 4.78 is 10.9. The molecule has 0 aliphatic carbocycles. The largest absolute Gasteiger partial charge is 0.493 e. The number of benzene rings is 2. The summed E-state index contributed by atoms with van der Waals surface area (Å²) in [4.78, 5) is 17.4. The van der Waals surface area contributed by atoms with E-state index in [9.17, 15) is 4.79 Å². The standard InChI is InChI=1S/C22H26N2O3/c1-15(22(25)24-11-9-16-6-4-5-7-19(16)24)23-10-8-17-12-20(26-2)21(27-3)13-18(17)14-23/h4-7,12-13,15H,8-11,14H2,1-3H3/t15-/m1/s1. The lowest BCUT2D eigenvalue weighted by molar-refractivity contribution is -0.123. The summed E-state index contributed by atoms with van der Waals surface area (Å²) in [6, 6.07) is 12.2. The number of methoxy groups -OCH3 is 2. The van der Waals surface area contributed by atoms with Crippen molar-refractivity contribution in [3.05, 3.63) is 53.1 Å². The van der Waals surface area contributed by atoms with Crippen LogP contribution < -0.4 is 14.4 Å². The summed E-state index contributed by atoms with van der Waals surface area (Å²) in [5, 5.41) is 0. The zero-order chi connectivity index (χ0) is 19.0. The van der Waals surface area contributed by atoms with E-state index in [1.807, 2.05) is 30.0 Å². The van der Waals surface area contributed by atoms with E-state index in [1.54, 1.807) is 14.2 Å². The van der Waals surface area contributed by atoms with Crippen molar-refractivity contribution in [1.29, 1.82) is 0 Å². The zero-order valence-corrected chi connectivity index (χ0v) is 16.2. The molecule has 0 spiro atoms. The molecule has 0 unspecified atom stereocenters. The molecule has 2 aliphatic rings. The monoisotopic (exact) mass is 366 g/mol. The number of nitrogens with zero attached hydrogens (tertiary/aromatic N) is 2. The van der Waals surface area contributed by atoms with Gasteiger partial charge in [-0.05, 0) is 54.7 Å². The fourth-order valence-electron chi connectivity index (χ4n) is 4.18. The Morgan fingerprint density at radius 2 is 1.63 bits per heavy atom. The fourth-order valence-corrected chi connectivity index (χ4v) is 4.18. The minimum absolute atomic E-state index is 0.155. The molecule has 1 atom stereocenters. The smallest absolute Gasteiger partial charge is 0.244 e. The maximum absolute atomic E-state index is 13.2. The summed E-state index contributed by atoms with van der Waals surface area (Å²) in [7, 11) is 3.32. The van der Waals surface area contributed by atoms with Crippen LogP contribution in [0, 0.1) is 0 Å². The van der Waals surface area contributed by atoms with Crippen molar-refractivity contribution >= 4 is 11.6 Å². The molecule has 0 saturated heterocycles. The third-order valence-electron chi connectivity index (χ3n) is 5.81. The van der Waals surface area contributed by atoms with Crippen molar-refractivity contribution in [3.63, 3.8) is 0 Å². The number of rotatable bonds is 4. The third kappa shape index (κ3) is 3.16. The molecule has 0 bridgehead atoms. The van der Waals surface area contributed by atoms with Crippen molar-refractivity contribution in [1.82, 2.24) is 4.90 Å². The molecule has 0 saturated carbocycles. The Kier molecular flexibility index (Phi) is 4.79. The van der Waals surface area contributed by atoms with Gasteiger partial charge in [-0.1, -0.05) is 18.2 Å². The number of amides is 1. The van der Waals surface area contributed by atoms with Crippen LogP contribution in [0.3, 0.4) is 0 Å². The summed E-state index contributed by atoms with van der Waals surface area (Å²) in [5.41, 5.74) is 4.81. The van der Waals surface area contributed by atoms with Crippen LogP contribution in [-0.4, -0.2) is 44.2 Å². The highest BCUT2D eigenvalue weighted by molar-refractivity contribution is 5.98. The van der Waals surface area contributed by atoms with Crippen LogP contribution in [0.25, 0.3) is 0 Å². The predicted molar refractivity (Wildman–Crippen MR) is 106 cm³/mol. The quantitative estimate of drug-likeness (QED) is 0.834. The summed E-state index contributed by atoms with van der Waals surface area (Å²) >= 11 is 0. The molecule has 0 aromatic heterocycles. The number of anilines is 1. The topological polar surface area (TPSA) is 42.0 Å². The van der Waals surface area contributed by atoms with Gasteiger partial charge in [-0.3, -0.25) is 9.69 Å². The van der Waals surface area contributed by atoms with Gasteiger partial charge in [0.25, 0.3) is 0 Å². The lowest BCUT2D eigenvalue weighted by atomic mass is 9.97. The molecule has 0 radical (unpaired) electrons. The Balaban J connectivity index is 1.53. The molecule has 4 rings (SSSR count). The van der Waals surface area contributed by atoms with Gasteiger partial charge in [0.2, 0.25) is 5.91 Å². The Morgan fingerprint density at radius 1 is 0.963 bits per heavy atom. The average molecular weight is 366 g/mol. The van der Waals surface area contributed by atoms with Gasteiger partial charge >= 0.3 is 0 Å². The Hall–Kier alpha value is -2.53. The van der Waals surface area contributed by atoms with Crippen molar-refractivity contribution in [2.24, 2.45) is 0 Å². The van der Waals surface area contributed by atoms with E-state index in [-0.39, 0.29) is 11.9 Å². The summed E-state index contributed by atoms with van der Waals surface area (Å²) in [6.07, 6.45) is 1.85. The van der Waals surface area contributed by atoms with Crippen LogP contribution in [0.15, 0.2) is 36.4 Å². The number of ether oxygens (including phenoxy) is 2. The van der Waals surface area contributed by atoms with E-state index in [0.29, 0.717) is 0 Å². The fraction of sp³-hybridized carbons (Fsp3) is 0.409. The molecule has 2 aliphatic heterocycles. The molecule has 142 valence electrons. The number of fused-ring (bicyclic) bond motifs is 2. The maximum atomic E-state index is 13.2. The van der Waals surface area contributed by atoms with Crippen molar-refractivity contribution < 1.29 is 14.3 Å². The van der Waals surface area contributed by atoms with E-state index in [4.69, 9.17) is 9.47 Å². The second-order valence-corrected chi connectivity index (χ2v) is 7.24. The Labute approximate surface area is 160 Å². The van der Waals surface area contributed by atoms with Gasteiger partial charge in [0.05, 0.1) is 20.3 Å². The third-order valence-corrected chi connectivity index (χ3v) is 5.81. The van der Waals surface area contributed by atoms with Gasteiger partial charge in [0, 0.05) is 25.3 Å². The van der Waals surface area contributed by atoms with Crippen LogP contribution in [0.2, 0.25) is 0 Å². The normalized spacial score (nSPS) is 17.2. The lowest BCUT2D eigenvalue weighted by Crippen LogP contribution is -2.48. The first kappa shape index (κ1) is 17.9. The maximum Gasteiger partial charge on any atom is 0.244 e. The van der Waals surface area contributed by atoms with E-state index in [0.717, 1.165) is 49.7 Å². The lowest BCUT2D eigenvalue weighted by Gasteiger charge is -2.35. The van der Waals surface area contributed by atoms with Crippen LogP contribution in [-0.2, 0) is 24.2 Å². The van der Waals surface area contributed by atoms with E-state index in [2.05, 4.69) is 23.1 Å².